The molecule has 1 aliphatic carbocycles. The summed E-state index contributed by atoms with van der Waals surface area (Å²) in [6.45, 7) is 1.94. The van der Waals surface area contributed by atoms with Gasteiger partial charge in [-0.25, -0.2) is 0 Å². The van der Waals surface area contributed by atoms with Gasteiger partial charge in [0.2, 0.25) is 5.91 Å². The Bertz CT molecular complexity index is 458. The highest BCUT2D eigenvalue weighted by Gasteiger charge is 2.22. The lowest BCUT2D eigenvalue weighted by Crippen LogP contribution is -2.23. The minimum absolute atomic E-state index is 0.137. The van der Waals surface area contributed by atoms with Crippen LogP contribution in [0.2, 0.25) is 0 Å². The van der Waals surface area contributed by atoms with Crippen molar-refractivity contribution in [2.75, 3.05) is 19.0 Å². The number of methoxy groups -OCH3 is 1. The zero-order valence-electron chi connectivity index (χ0n) is 11.3. The first-order valence-electron chi connectivity index (χ1n) is 6.47. The Kier molecular flexibility index (Phi) is 4.39. The van der Waals surface area contributed by atoms with E-state index in [1.165, 1.54) is 19.8 Å². The quantitative estimate of drug-likeness (QED) is 0.727. The van der Waals surface area contributed by atoms with Crippen molar-refractivity contribution >= 4 is 11.6 Å². The number of nitrogens with one attached hydrogen (secondary N) is 2. The summed E-state index contributed by atoms with van der Waals surface area (Å²) >= 11 is 0. The summed E-state index contributed by atoms with van der Waals surface area (Å²) < 4.78 is 5.25. The standard InChI is InChI=1S/C14H20N2O3/c1-9(17)16-11-5-6-14(19-2)12(7-11)13(18)8-15-10-3-4-10/h5-7,10,13,15,18H,3-4,8H2,1-2H3,(H,16,17). The number of amides is 1. The van der Waals surface area contributed by atoms with Gasteiger partial charge in [-0.05, 0) is 31.0 Å². The molecule has 0 radical (unpaired) electrons. The SMILES string of the molecule is COc1ccc(NC(C)=O)cc1C(O)CNC1CC1. The zero-order chi connectivity index (χ0) is 13.8. The number of hydrogen-bond acceptors (Lipinski definition) is 4. The molecule has 5 nitrogen and oxygen atoms in total. The highest BCUT2D eigenvalue weighted by atomic mass is 16.5. The van der Waals surface area contributed by atoms with E-state index in [2.05, 4.69) is 10.6 Å². The van der Waals surface area contributed by atoms with E-state index >= 15 is 0 Å². The molecule has 1 amide bonds. The second kappa shape index (κ2) is 6.04. The van der Waals surface area contributed by atoms with Gasteiger partial charge in [-0.3, -0.25) is 4.79 Å². The molecule has 0 aliphatic heterocycles. The van der Waals surface area contributed by atoms with Gasteiger partial charge in [0.05, 0.1) is 13.2 Å². The molecule has 19 heavy (non-hydrogen) atoms. The average molecular weight is 264 g/mol. The molecular weight excluding hydrogens is 244 g/mol. The van der Waals surface area contributed by atoms with Gasteiger partial charge in [0.1, 0.15) is 5.75 Å². The van der Waals surface area contributed by atoms with Gasteiger partial charge in [0, 0.05) is 30.8 Å². The molecule has 5 heteroatoms. The van der Waals surface area contributed by atoms with Crippen LogP contribution in [0.15, 0.2) is 18.2 Å². The monoisotopic (exact) mass is 264 g/mol. The van der Waals surface area contributed by atoms with E-state index in [1.807, 2.05) is 0 Å². The van der Waals surface area contributed by atoms with Crippen molar-refractivity contribution in [1.29, 1.82) is 0 Å². The molecule has 0 aromatic heterocycles. The molecule has 0 heterocycles. The Balaban J connectivity index is 2.11. The number of rotatable bonds is 6. The lowest BCUT2D eigenvalue weighted by atomic mass is 10.1. The highest BCUT2D eigenvalue weighted by molar-refractivity contribution is 5.88. The van der Waals surface area contributed by atoms with Crippen LogP contribution in [0.1, 0.15) is 31.4 Å². The number of benzene rings is 1. The number of anilines is 1. The van der Waals surface area contributed by atoms with Crippen molar-refractivity contribution in [3.05, 3.63) is 23.8 Å². The Morgan fingerprint density at radius 1 is 1.53 bits per heavy atom. The van der Waals surface area contributed by atoms with Crippen LogP contribution in [0.3, 0.4) is 0 Å². The van der Waals surface area contributed by atoms with Crippen LogP contribution in [-0.4, -0.2) is 30.7 Å². The molecular formula is C14H20N2O3. The summed E-state index contributed by atoms with van der Waals surface area (Å²) in [5.41, 5.74) is 1.34. The molecule has 1 unspecified atom stereocenters. The van der Waals surface area contributed by atoms with Gasteiger partial charge in [0.15, 0.2) is 0 Å². The maximum Gasteiger partial charge on any atom is 0.221 e. The Labute approximate surface area is 113 Å². The molecule has 0 saturated heterocycles. The first-order chi connectivity index (χ1) is 9.10. The van der Waals surface area contributed by atoms with Crippen LogP contribution in [-0.2, 0) is 4.79 Å². The number of aliphatic hydroxyl groups is 1. The summed E-state index contributed by atoms with van der Waals surface area (Å²) in [6.07, 6.45) is 1.70. The summed E-state index contributed by atoms with van der Waals surface area (Å²) in [4.78, 5) is 11.1. The summed E-state index contributed by atoms with van der Waals surface area (Å²) in [5, 5.41) is 16.2. The van der Waals surface area contributed by atoms with Gasteiger partial charge < -0.3 is 20.5 Å². The predicted molar refractivity (Wildman–Crippen MR) is 73.3 cm³/mol. The Morgan fingerprint density at radius 2 is 2.26 bits per heavy atom. The lowest BCUT2D eigenvalue weighted by Gasteiger charge is -2.16. The number of carbonyl (C=O) groups is 1. The zero-order valence-corrected chi connectivity index (χ0v) is 11.3. The minimum Gasteiger partial charge on any atom is -0.496 e. The Hall–Kier alpha value is -1.59. The first-order valence-corrected chi connectivity index (χ1v) is 6.47. The fraction of sp³-hybridized carbons (Fsp3) is 0.500. The molecule has 1 aromatic rings. The van der Waals surface area contributed by atoms with Crippen LogP contribution >= 0.6 is 0 Å². The van der Waals surface area contributed by atoms with Crippen LogP contribution in [0.25, 0.3) is 0 Å². The second-order valence-electron chi connectivity index (χ2n) is 4.84. The molecule has 1 aromatic carbocycles. The normalized spacial score (nSPS) is 15.9. The van der Waals surface area contributed by atoms with E-state index in [4.69, 9.17) is 4.74 Å². The number of hydrogen-bond donors (Lipinski definition) is 3. The largest absolute Gasteiger partial charge is 0.496 e. The predicted octanol–water partition coefficient (Wildman–Crippen LogP) is 1.44. The van der Waals surface area contributed by atoms with Crippen molar-refractivity contribution in [2.24, 2.45) is 0 Å². The van der Waals surface area contributed by atoms with Crippen molar-refractivity contribution < 1.29 is 14.6 Å². The van der Waals surface area contributed by atoms with Gasteiger partial charge in [-0.2, -0.15) is 0 Å². The second-order valence-corrected chi connectivity index (χ2v) is 4.84. The molecule has 1 fully saturated rings. The number of ether oxygens (including phenoxy) is 1. The van der Waals surface area contributed by atoms with Crippen LogP contribution in [0, 0.1) is 0 Å². The molecule has 104 valence electrons. The third-order valence-electron chi connectivity index (χ3n) is 3.09. The van der Waals surface area contributed by atoms with Gasteiger partial charge in [-0.1, -0.05) is 0 Å². The van der Waals surface area contributed by atoms with Crippen LogP contribution in [0.5, 0.6) is 5.75 Å². The maximum absolute atomic E-state index is 11.1. The fourth-order valence-electron chi connectivity index (χ4n) is 1.95. The van der Waals surface area contributed by atoms with E-state index < -0.39 is 6.10 Å². The topological polar surface area (TPSA) is 70.6 Å². The number of carbonyl (C=O) groups excluding carboxylic acids is 1. The minimum atomic E-state index is -0.649. The molecule has 1 atom stereocenters. The maximum atomic E-state index is 11.1. The first kappa shape index (κ1) is 13.8. The molecule has 0 spiro atoms. The van der Waals surface area contributed by atoms with Gasteiger partial charge in [-0.15, -0.1) is 0 Å². The van der Waals surface area contributed by atoms with Crippen molar-refractivity contribution in [3.63, 3.8) is 0 Å². The van der Waals surface area contributed by atoms with E-state index in [0.717, 1.165) is 0 Å². The average Bonchev–Trinajstić information content (AvgIpc) is 3.19. The van der Waals surface area contributed by atoms with Crippen molar-refractivity contribution in [2.45, 2.75) is 31.9 Å². The summed E-state index contributed by atoms with van der Waals surface area (Å²) in [7, 11) is 1.57. The van der Waals surface area contributed by atoms with Gasteiger partial charge >= 0.3 is 0 Å². The van der Waals surface area contributed by atoms with E-state index in [0.29, 0.717) is 29.6 Å². The highest BCUT2D eigenvalue weighted by Crippen LogP contribution is 2.29. The Morgan fingerprint density at radius 3 is 2.84 bits per heavy atom. The molecule has 0 bridgehead atoms. The van der Waals surface area contributed by atoms with Crippen molar-refractivity contribution in [3.8, 4) is 5.75 Å². The lowest BCUT2D eigenvalue weighted by molar-refractivity contribution is -0.114. The molecule has 1 saturated carbocycles. The van der Waals surface area contributed by atoms with E-state index in [9.17, 15) is 9.90 Å². The summed E-state index contributed by atoms with van der Waals surface area (Å²) in [5.74, 6) is 0.487. The summed E-state index contributed by atoms with van der Waals surface area (Å²) in [6, 6.07) is 5.80. The third kappa shape index (κ3) is 3.94. The number of aliphatic hydroxyl groups excluding tert-OH is 1. The van der Waals surface area contributed by atoms with E-state index in [-0.39, 0.29) is 5.91 Å². The molecule has 2 rings (SSSR count). The molecule has 3 N–H and O–H groups in total. The fourth-order valence-corrected chi connectivity index (χ4v) is 1.95. The smallest absolute Gasteiger partial charge is 0.221 e. The van der Waals surface area contributed by atoms with Crippen molar-refractivity contribution in [1.82, 2.24) is 5.32 Å². The molecule has 1 aliphatic rings. The van der Waals surface area contributed by atoms with Crippen LogP contribution in [0.4, 0.5) is 5.69 Å². The van der Waals surface area contributed by atoms with Gasteiger partial charge in [0.25, 0.3) is 0 Å². The third-order valence-corrected chi connectivity index (χ3v) is 3.09. The van der Waals surface area contributed by atoms with E-state index in [1.54, 1.807) is 25.3 Å². The van der Waals surface area contributed by atoms with Crippen LogP contribution < -0.4 is 15.4 Å².